The molecule has 2 heterocycles. The number of carbonyl (C=O) groups is 1. The number of rotatable bonds is 5. The Morgan fingerprint density at radius 1 is 0.946 bits per heavy atom. The highest BCUT2D eigenvalue weighted by Gasteiger charge is 2.35. The van der Waals surface area contributed by atoms with Crippen molar-refractivity contribution in [1.82, 2.24) is 0 Å². The van der Waals surface area contributed by atoms with Crippen molar-refractivity contribution in [2.45, 2.75) is 6.17 Å². The van der Waals surface area contributed by atoms with E-state index in [-0.39, 0.29) is 6.79 Å². The topological polar surface area (TPSA) is 78.5 Å². The number of methoxy groups -OCH3 is 3. The van der Waals surface area contributed by atoms with E-state index in [2.05, 4.69) is 22.3 Å². The largest absolute Gasteiger partial charge is 0.493 e. The van der Waals surface area contributed by atoms with Crippen LogP contribution in [0.5, 0.6) is 23.0 Å². The van der Waals surface area contributed by atoms with Gasteiger partial charge in [0.25, 0.3) is 0 Å². The van der Waals surface area contributed by atoms with Crippen LogP contribution >= 0.6 is 0 Å². The standard InChI is InChI=1S/C29H26N2O6/c1-31-26-18(10-9-16-13-23-24(14-20(16)26)37-15-36-23)17-11-12-22(33-2)27(34-3)25(17)28(31)30-21-8-6-5-7-19(21)29(32)35-4/h5-14,28,30H,15H2,1-4H3. The summed E-state index contributed by atoms with van der Waals surface area (Å²) in [6.45, 7) is 0.206. The first-order chi connectivity index (χ1) is 18.0. The van der Waals surface area contributed by atoms with Crippen molar-refractivity contribution >= 4 is 28.1 Å². The number of nitrogens with one attached hydrogen (secondary N) is 1. The van der Waals surface area contributed by atoms with Gasteiger partial charge in [0.1, 0.15) is 6.17 Å². The van der Waals surface area contributed by atoms with Gasteiger partial charge in [-0.15, -0.1) is 0 Å². The molecule has 0 saturated heterocycles. The summed E-state index contributed by atoms with van der Waals surface area (Å²) in [6, 6.07) is 19.5. The molecule has 8 nitrogen and oxygen atoms in total. The molecule has 0 bridgehead atoms. The van der Waals surface area contributed by atoms with Crippen LogP contribution in [0.2, 0.25) is 0 Å². The summed E-state index contributed by atoms with van der Waals surface area (Å²) < 4.78 is 27.9. The molecule has 0 radical (unpaired) electrons. The molecule has 4 aromatic rings. The fourth-order valence-electron chi connectivity index (χ4n) is 5.29. The minimum atomic E-state index is -0.419. The Morgan fingerprint density at radius 3 is 2.46 bits per heavy atom. The van der Waals surface area contributed by atoms with Crippen LogP contribution in [0.1, 0.15) is 22.1 Å². The van der Waals surface area contributed by atoms with Crippen molar-refractivity contribution in [3.05, 3.63) is 71.8 Å². The van der Waals surface area contributed by atoms with Crippen LogP contribution in [0.3, 0.4) is 0 Å². The summed E-state index contributed by atoms with van der Waals surface area (Å²) in [6.07, 6.45) is -0.408. The first-order valence-electron chi connectivity index (χ1n) is 11.8. The van der Waals surface area contributed by atoms with Crippen molar-refractivity contribution < 1.29 is 28.5 Å². The molecular weight excluding hydrogens is 472 g/mol. The van der Waals surface area contributed by atoms with Gasteiger partial charge >= 0.3 is 5.97 Å². The van der Waals surface area contributed by atoms with E-state index in [1.54, 1.807) is 20.3 Å². The van der Waals surface area contributed by atoms with Crippen molar-refractivity contribution in [1.29, 1.82) is 0 Å². The number of hydrogen-bond acceptors (Lipinski definition) is 8. The smallest absolute Gasteiger partial charge is 0.339 e. The van der Waals surface area contributed by atoms with Gasteiger partial charge in [-0.25, -0.2) is 4.79 Å². The number of carbonyl (C=O) groups excluding carboxylic acids is 1. The van der Waals surface area contributed by atoms with Crippen LogP contribution in [0.15, 0.2) is 60.7 Å². The second kappa shape index (κ2) is 8.81. The third kappa shape index (κ3) is 3.48. The zero-order valence-electron chi connectivity index (χ0n) is 21.0. The number of esters is 1. The zero-order chi connectivity index (χ0) is 25.7. The molecule has 0 aliphatic carbocycles. The Bertz CT molecular complexity index is 1550. The summed E-state index contributed by atoms with van der Waals surface area (Å²) in [4.78, 5) is 14.7. The third-order valence-corrected chi connectivity index (χ3v) is 7.00. The predicted molar refractivity (Wildman–Crippen MR) is 141 cm³/mol. The predicted octanol–water partition coefficient (Wildman–Crippen LogP) is 5.60. The van der Waals surface area contributed by atoms with Crippen LogP contribution in [0.25, 0.3) is 21.9 Å². The van der Waals surface area contributed by atoms with Gasteiger partial charge < -0.3 is 33.9 Å². The monoisotopic (exact) mass is 498 g/mol. The Kier molecular flexibility index (Phi) is 5.44. The highest BCUT2D eigenvalue weighted by Crippen LogP contribution is 2.53. The lowest BCUT2D eigenvalue weighted by Gasteiger charge is -2.40. The van der Waals surface area contributed by atoms with E-state index in [4.69, 9.17) is 23.7 Å². The zero-order valence-corrected chi connectivity index (χ0v) is 21.0. The summed E-state index contributed by atoms with van der Waals surface area (Å²) in [5.74, 6) is 2.27. The Balaban J connectivity index is 1.61. The van der Waals surface area contributed by atoms with Gasteiger partial charge in [-0.2, -0.15) is 0 Å². The molecule has 6 rings (SSSR count). The van der Waals surface area contributed by atoms with Crippen molar-refractivity contribution in [3.63, 3.8) is 0 Å². The summed E-state index contributed by atoms with van der Waals surface area (Å²) in [5.41, 5.74) is 5.04. The molecular formula is C29H26N2O6. The molecule has 2 aliphatic rings. The van der Waals surface area contributed by atoms with Gasteiger partial charge in [-0.3, -0.25) is 0 Å². The van der Waals surface area contributed by atoms with E-state index in [9.17, 15) is 4.79 Å². The maximum absolute atomic E-state index is 12.6. The number of nitrogens with zero attached hydrogens (tertiary/aromatic N) is 1. The Labute approximate surface area is 214 Å². The number of ether oxygens (including phenoxy) is 5. The van der Waals surface area contributed by atoms with Crippen LogP contribution in [-0.4, -0.2) is 41.1 Å². The Morgan fingerprint density at radius 2 is 1.70 bits per heavy atom. The van der Waals surface area contributed by atoms with Crippen LogP contribution in [-0.2, 0) is 4.74 Å². The third-order valence-electron chi connectivity index (χ3n) is 7.00. The number of fused-ring (bicyclic) bond motifs is 6. The van der Waals surface area contributed by atoms with E-state index in [0.717, 1.165) is 38.9 Å². The SMILES string of the molecule is COC(=O)c1ccccc1NC1c2c(ccc(OC)c2OC)-c2ccc3cc4c(cc3c2N1C)OCO4. The molecule has 0 saturated carbocycles. The van der Waals surface area contributed by atoms with Gasteiger partial charge in [0.15, 0.2) is 23.0 Å². The van der Waals surface area contributed by atoms with Crippen LogP contribution in [0.4, 0.5) is 11.4 Å². The average molecular weight is 499 g/mol. The molecule has 1 N–H and O–H groups in total. The van der Waals surface area contributed by atoms with Gasteiger partial charge in [0, 0.05) is 23.6 Å². The fraction of sp³-hybridized carbons (Fsp3) is 0.207. The first kappa shape index (κ1) is 22.8. The van der Waals surface area contributed by atoms with E-state index in [0.29, 0.717) is 28.5 Å². The van der Waals surface area contributed by atoms with Crippen molar-refractivity contribution in [2.24, 2.45) is 0 Å². The lowest BCUT2D eigenvalue weighted by Crippen LogP contribution is -2.34. The van der Waals surface area contributed by atoms with Crippen molar-refractivity contribution in [2.75, 3.05) is 45.4 Å². The minimum absolute atomic E-state index is 0.206. The maximum Gasteiger partial charge on any atom is 0.339 e. The first-order valence-corrected chi connectivity index (χ1v) is 11.8. The number of para-hydroxylation sites is 1. The normalized spacial score (nSPS) is 15.1. The molecule has 0 amide bonds. The summed E-state index contributed by atoms with van der Waals surface area (Å²) in [5, 5.41) is 5.65. The highest BCUT2D eigenvalue weighted by atomic mass is 16.7. The van der Waals surface area contributed by atoms with Gasteiger partial charge in [-0.1, -0.05) is 24.3 Å². The number of anilines is 2. The number of benzene rings is 4. The molecule has 2 aliphatic heterocycles. The highest BCUT2D eigenvalue weighted by molar-refractivity contribution is 6.06. The van der Waals surface area contributed by atoms with Gasteiger partial charge in [0.05, 0.1) is 38.3 Å². The second-order valence-electron chi connectivity index (χ2n) is 8.85. The lowest BCUT2D eigenvalue weighted by molar-refractivity contribution is 0.0601. The molecule has 37 heavy (non-hydrogen) atoms. The second-order valence-corrected chi connectivity index (χ2v) is 8.85. The van der Waals surface area contributed by atoms with Gasteiger partial charge in [-0.05, 0) is 47.3 Å². The minimum Gasteiger partial charge on any atom is -0.493 e. The van der Waals surface area contributed by atoms with E-state index >= 15 is 0 Å². The molecule has 0 spiro atoms. The van der Waals surface area contributed by atoms with Gasteiger partial charge in [0.2, 0.25) is 6.79 Å². The van der Waals surface area contributed by atoms with Crippen LogP contribution in [0, 0.1) is 0 Å². The fourth-order valence-corrected chi connectivity index (χ4v) is 5.29. The Hall–Kier alpha value is -4.59. The quantitative estimate of drug-likeness (QED) is 0.356. The van der Waals surface area contributed by atoms with Crippen molar-refractivity contribution in [3.8, 4) is 34.1 Å². The maximum atomic E-state index is 12.6. The lowest BCUT2D eigenvalue weighted by atomic mass is 9.87. The summed E-state index contributed by atoms with van der Waals surface area (Å²) in [7, 11) is 6.65. The molecule has 1 unspecified atom stereocenters. The van der Waals surface area contributed by atoms with E-state index in [1.807, 2.05) is 49.5 Å². The molecule has 0 aromatic heterocycles. The molecule has 1 atom stereocenters. The molecule has 8 heteroatoms. The van der Waals surface area contributed by atoms with Crippen LogP contribution < -0.4 is 29.2 Å². The van der Waals surface area contributed by atoms with E-state index < -0.39 is 12.1 Å². The summed E-state index contributed by atoms with van der Waals surface area (Å²) >= 11 is 0. The number of hydrogen-bond donors (Lipinski definition) is 1. The molecule has 188 valence electrons. The molecule has 0 fully saturated rings. The molecule has 4 aromatic carbocycles. The average Bonchev–Trinajstić information content (AvgIpc) is 3.39. The van der Waals surface area contributed by atoms with E-state index in [1.165, 1.54) is 7.11 Å².